The van der Waals surface area contributed by atoms with Gasteiger partial charge in [-0.1, -0.05) is 25.2 Å². The summed E-state index contributed by atoms with van der Waals surface area (Å²) < 4.78 is 0. The first kappa shape index (κ1) is 8.42. The second kappa shape index (κ2) is 2.95. The van der Waals surface area contributed by atoms with Gasteiger partial charge in [0.25, 0.3) is 0 Å². The van der Waals surface area contributed by atoms with Gasteiger partial charge in [0.1, 0.15) is 5.78 Å². The minimum atomic E-state index is -0.131. The van der Waals surface area contributed by atoms with E-state index in [1.165, 1.54) is 0 Å². The Labute approximate surface area is 77.3 Å². The van der Waals surface area contributed by atoms with Crippen LogP contribution < -0.4 is 0 Å². The molecule has 0 spiro atoms. The van der Waals surface area contributed by atoms with Gasteiger partial charge in [0.2, 0.25) is 0 Å². The number of Topliss-reactive ketones (excluding diaryl/α,β-unsaturated/α-hetero) is 2. The molecule has 2 aliphatic rings. The van der Waals surface area contributed by atoms with E-state index in [0.717, 1.165) is 5.57 Å². The summed E-state index contributed by atoms with van der Waals surface area (Å²) in [7, 11) is 0. The van der Waals surface area contributed by atoms with Gasteiger partial charge < -0.3 is 0 Å². The van der Waals surface area contributed by atoms with Crippen LogP contribution in [0, 0.1) is 11.8 Å². The van der Waals surface area contributed by atoms with E-state index in [1.54, 1.807) is 6.08 Å². The minimum Gasteiger partial charge on any atom is -0.299 e. The second-order valence-corrected chi connectivity index (χ2v) is 3.77. The smallest absolute Gasteiger partial charge is 0.162 e. The maximum atomic E-state index is 11.7. The quantitative estimate of drug-likeness (QED) is 0.562. The van der Waals surface area contributed by atoms with Crippen molar-refractivity contribution >= 4 is 11.6 Å². The normalized spacial score (nSPS) is 32.8. The molecule has 1 saturated carbocycles. The number of carbonyl (C=O) groups is 2. The predicted octanol–water partition coefficient (Wildman–Crippen LogP) is 1.67. The van der Waals surface area contributed by atoms with Crippen LogP contribution in [-0.2, 0) is 9.59 Å². The lowest BCUT2D eigenvalue weighted by molar-refractivity contribution is -0.131. The van der Waals surface area contributed by atoms with Crippen LogP contribution in [0.1, 0.15) is 19.8 Å². The van der Waals surface area contributed by atoms with Gasteiger partial charge in [-0.15, -0.1) is 0 Å². The van der Waals surface area contributed by atoms with E-state index in [9.17, 15) is 9.59 Å². The predicted molar refractivity (Wildman–Crippen MR) is 49.1 cm³/mol. The zero-order chi connectivity index (χ0) is 9.42. The van der Waals surface area contributed by atoms with Crippen LogP contribution in [0.15, 0.2) is 23.8 Å². The highest BCUT2D eigenvalue weighted by Gasteiger charge is 2.36. The molecule has 0 radical (unpaired) electrons. The molecular formula is C11H12O2. The molecule has 2 aliphatic carbocycles. The number of hydrogen-bond donors (Lipinski definition) is 0. The molecule has 0 heterocycles. The zero-order valence-electron chi connectivity index (χ0n) is 7.62. The molecule has 0 aromatic rings. The van der Waals surface area contributed by atoms with E-state index in [1.807, 2.05) is 19.1 Å². The molecule has 2 nitrogen and oxygen atoms in total. The van der Waals surface area contributed by atoms with Crippen LogP contribution in [-0.4, -0.2) is 11.6 Å². The van der Waals surface area contributed by atoms with Crippen molar-refractivity contribution in [3.63, 3.8) is 0 Å². The summed E-state index contributed by atoms with van der Waals surface area (Å²) in [5.41, 5.74) is 0.728. The third-order valence-electron chi connectivity index (χ3n) is 2.79. The van der Waals surface area contributed by atoms with Crippen molar-refractivity contribution in [2.75, 3.05) is 0 Å². The fourth-order valence-corrected chi connectivity index (χ4v) is 2.01. The highest BCUT2D eigenvalue weighted by Crippen LogP contribution is 2.32. The molecule has 0 N–H and O–H groups in total. The molecule has 0 aromatic carbocycles. The SMILES string of the molecule is CC1CC(=O)C2CC=CC=C2C1=O. The Kier molecular flexibility index (Phi) is 1.91. The summed E-state index contributed by atoms with van der Waals surface area (Å²) in [6, 6.07) is 0. The first-order chi connectivity index (χ1) is 6.20. The summed E-state index contributed by atoms with van der Waals surface area (Å²) >= 11 is 0. The maximum absolute atomic E-state index is 11.7. The van der Waals surface area contributed by atoms with Crippen molar-refractivity contribution in [3.8, 4) is 0 Å². The molecular weight excluding hydrogens is 164 g/mol. The Morgan fingerprint density at radius 2 is 2.15 bits per heavy atom. The first-order valence-corrected chi connectivity index (χ1v) is 4.64. The fourth-order valence-electron chi connectivity index (χ4n) is 2.01. The van der Waals surface area contributed by atoms with E-state index < -0.39 is 0 Å². The number of rotatable bonds is 0. The van der Waals surface area contributed by atoms with Crippen molar-refractivity contribution in [2.24, 2.45) is 11.8 Å². The number of allylic oxidation sites excluding steroid dienone is 4. The number of fused-ring (bicyclic) bond motifs is 1. The molecule has 0 aliphatic heterocycles. The first-order valence-electron chi connectivity index (χ1n) is 4.64. The third-order valence-corrected chi connectivity index (χ3v) is 2.79. The van der Waals surface area contributed by atoms with E-state index in [2.05, 4.69) is 0 Å². The molecule has 0 amide bonds. The largest absolute Gasteiger partial charge is 0.299 e. The lowest BCUT2D eigenvalue weighted by atomic mass is 9.74. The molecule has 2 heteroatoms. The molecule has 13 heavy (non-hydrogen) atoms. The summed E-state index contributed by atoms with van der Waals surface area (Å²) in [5.74, 6) is 0.145. The Hall–Kier alpha value is -1.18. The fraction of sp³-hybridized carbons (Fsp3) is 0.455. The van der Waals surface area contributed by atoms with Crippen molar-refractivity contribution in [1.29, 1.82) is 0 Å². The lowest BCUT2D eigenvalue weighted by Crippen LogP contribution is -2.34. The Balaban J connectivity index is 2.37. The highest BCUT2D eigenvalue weighted by molar-refractivity contribution is 6.08. The molecule has 1 fully saturated rings. The molecule has 0 bridgehead atoms. The van der Waals surface area contributed by atoms with E-state index >= 15 is 0 Å². The zero-order valence-corrected chi connectivity index (χ0v) is 7.62. The van der Waals surface area contributed by atoms with Gasteiger partial charge in [-0.05, 0) is 6.42 Å². The van der Waals surface area contributed by atoms with Crippen molar-refractivity contribution in [2.45, 2.75) is 19.8 Å². The van der Waals surface area contributed by atoms with Gasteiger partial charge in [0.15, 0.2) is 5.78 Å². The molecule has 2 unspecified atom stereocenters. The Morgan fingerprint density at radius 1 is 1.38 bits per heavy atom. The summed E-state index contributed by atoms with van der Waals surface area (Å²) in [6.07, 6.45) is 6.76. The van der Waals surface area contributed by atoms with Gasteiger partial charge in [0.05, 0.1) is 0 Å². The molecule has 68 valence electrons. The summed E-state index contributed by atoms with van der Waals surface area (Å²) in [6.45, 7) is 1.83. The average molecular weight is 176 g/mol. The summed E-state index contributed by atoms with van der Waals surface area (Å²) in [5, 5.41) is 0. The summed E-state index contributed by atoms with van der Waals surface area (Å²) in [4.78, 5) is 23.2. The van der Waals surface area contributed by atoms with Crippen LogP contribution in [0.3, 0.4) is 0 Å². The van der Waals surface area contributed by atoms with Gasteiger partial charge in [-0.3, -0.25) is 9.59 Å². The van der Waals surface area contributed by atoms with E-state index in [-0.39, 0.29) is 23.4 Å². The minimum absolute atomic E-state index is 0.110. The Bertz CT molecular complexity index is 323. The van der Waals surface area contributed by atoms with Crippen LogP contribution in [0.2, 0.25) is 0 Å². The van der Waals surface area contributed by atoms with Crippen LogP contribution in [0.5, 0.6) is 0 Å². The monoisotopic (exact) mass is 176 g/mol. The van der Waals surface area contributed by atoms with Crippen LogP contribution in [0.4, 0.5) is 0 Å². The van der Waals surface area contributed by atoms with Crippen molar-refractivity contribution in [1.82, 2.24) is 0 Å². The van der Waals surface area contributed by atoms with Crippen LogP contribution >= 0.6 is 0 Å². The van der Waals surface area contributed by atoms with Gasteiger partial charge in [-0.2, -0.15) is 0 Å². The Morgan fingerprint density at radius 3 is 2.92 bits per heavy atom. The van der Waals surface area contributed by atoms with Gasteiger partial charge in [-0.25, -0.2) is 0 Å². The lowest BCUT2D eigenvalue weighted by Gasteiger charge is -2.27. The number of hydrogen-bond acceptors (Lipinski definition) is 2. The van der Waals surface area contributed by atoms with Crippen molar-refractivity contribution in [3.05, 3.63) is 23.8 Å². The number of ketones is 2. The van der Waals surface area contributed by atoms with E-state index in [0.29, 0.717) is 12.8 Å². The number of carbonyl (C=O) groups excluding carboxylic acids is 2. The van der Waals surface area contributed by atoms with Gasteiger partial charge >= 0.3 is 0 Å². The molecule has 2 rings (SSSR count). The second-order valence-electron chi connectivity index (χ2n) is 3.77. The highest BCUT2D eigenvalue weighted by atomic mass is 16.1. The molecule has 0 aromatic heterocycles. The topological polar surface area (TPSA) is 34.1 Å². The maximum Gasteiger partial charge on any atom is 0.162 e. The standard InChI is InChI=1S/C11H12O2/c1-7-6-10(12)8-4-2-3-5-9(8)11(7)13/h2-3,5,7-8H,4,6H2,1H3. The average Bonchev–Trinajstić information content (AvgIpc) is 2.15. The van der Waals surface area contributed by atoms with Gasteiger partial charge in [0, 0.05) is 23.8 Å². The molecule has 2 atom stereocenters. The van der Waals surface area contributed by atoms with E-state index in [4.69, 9.17) is 0 Å². The molecule has 0 saturated heterocycles. The van der Waals surface area contributed by atoms with Crippen LogP contribution in [0.25, 0.3) is 0 Å². The van der Waals surface area contributed by atoms with Crippen molar-refractivity contribution < 1.29 is 9.59 Å². The third kappa shape index (κ3) is 1.26.